The minimum atomic E-state index is 0.118. The fourth-order valence-corrected chi connectivity index (χ4v) is 3.75. The van der Waals surface area contributed by atoms with Crippen molar-refractivity contribution >= 4 is 38.5 Å². The highest BCUT2D eigenvalue weighted by molar-refractivity contribution is 9.10. The van der Waals surface area contributed by atoms with E-state index in [0.717, 1.165) is 39.7 Å². The molecule has 0 atom stereocenters. The molecule has 0 fully saturated rings. The van der Waals surface area contributed by atoms with Gasteiger partial charge in [0, 0.05) is 17.5 Å². The van der Waals surface area contributed by atoms with Crippen LogP contribution < -0.4 is 10.1 Å². The maximum Gasteiger partial charge on any atom is 0.161 e. The van der Waals surface area contributed by atoms with Crippen molar-refractivity contribution in [3.63, 3.8) is 0 Å². The first-order valence-electron chi connectivity index (χ1n) is 6.45. The van der Waals surface area contributed by atoms with Gasteiger partial charge >= 0.3 is 0 Å². The first kappa shape index (κ1) is 14.7. The molecule has 0 unspecified atom stereocenters. The Hall–Kier alpha value is -0.680. The number of amidine groups is 1. The highest BCUT2D eigenvalue weighted by Crippen LogP contribution is 2.34. The number of thioether (sulfide) groups is 1. The molecule has 104 valence electrons. The molecule has 1 aromatic rings. The number of rotatable bonds is 4. The van der Waals surface area contributed by atoms with E-state index in [4.69, 9.17) is 9.73 Å². The summed E-state index contributed by atoms with van der Waals surface area (Å²) in [4.78, 5) is 4.85. The van der Waals surface area contributed by atoms with E-state index in [9.17, 15) is 0 Å². The molecule has 0 spiro atoms. The van der Waals surface area contributed by atoms with Crippen LogP contribution in [0, 0.1) is 0 Å². The highest BCUT2D eigenvalue weighted by atomic mass is 79.9. The molecular weight excluding hydrogens is 324 g/mol. The molecule has 0 aliphatic carbocycles. The minimum Gasteiger partial charge on any atom is -0.495 e. The molecule has 0 radical (unpaired) electrons. The van der Waals surface area contributed by atoms with Crippen LogP contribution in [0.5, 0.6) is 5.75 Å². The van der Waals surface area contributed by atoms with E-state index in [1.807, 2.05) is 18.2 Å². The van der Waals surface area contributed by atoms with E-state index in [0.29, 0.717) is 0 Å². The summed E-state index contributed by atoms with van der Waals surface area (Å²) < 4.78 is 6.26. The maximum absolute atomic E-state index is 5.30. The quantitative estimate of drug-likeness (QED) is 0.872. The maximum atomic E-state index is 5.30. The summed E-state index contributed by atoms with van der Waals surface area (Å²) in [6.45, 7) is 4.41. The van der Waals surface area contributed by atoms with E-state index in [-0.39, 0.29) is 5.54 Å². The lowest BCUT2D eigenvalue weighted by molar-refractivity contribution is 0.412. The fraction of sp³-hybridized carbons (Fsp3) is 0.500. The number of halogens is 1. The lowest BCUT2D eigenvalue weighted by atomic mass is 9.97. The van der Waals surface area contributed by atoms with Gasteiger partial charge in [-0.1, -0.05) is 25.6 Å². The molecule has 1 aliphatic heterocycles. The van der Waals surface area contributed by atoms with Crippen molar-refractivity contribution in [2.75, 3.05) is 18.2 Å². The zero-order valence-corrected chi connectivity index (χ0v) is 13.9. The third kappa shape index (κ3) is 3.26. The van der Waals surface area contributed by atoms with Gasteiger partial charge in [-0.25, -0.2) is 0 Å². The lowest BCUT2D eigenvalue weighted by Gasteiger charge is -2.20. The van der Waals surface area contributed by atoms with E-state index in [2.05, 4.69) is 35.1 Å². The average Bonchev–Trinajstić information content (AvgIpc) is 2.85. The molecule has 3 nitrogen and oxygen atoms in total. The number of ether oxygens (including phenoxy) is 1. The summed E-state index contributed by atoms with van der Waals surface area (Å²) in [6.07, 6.45) is 2.18. The van der Waals surface area contributed by atoms with E-state index in [1.54, 1.807) is 18.9 Å². The number of hydrogen-bond acceptors (Lipinski definition) is 4. The predicted molar refractivity (Wildman–Crippen MR) is 87.5 cm³/mol. The van der Waals surface area contributed by atoms with Gasteiger partial charge in [0.2, 0.25) is 0 Å². The second kappa shape index (κ2) is 6.18. The molecule has 2 rings (SSSR count). The van der Waals surface area contributed by atoms with Gasteiger partial charge in [-0.15, -0.1) is 0 Å². The Morgan fingerprint density at radius 3 is 2.74 bits per heavy atom. The first-order chi connectivity index (χ1) is 9.12. The van der Waals surface area contributed by atoms with E-state index in [1.165, 1.54) is 0 Å². The van der Waals surface area contributed by atoms with Gasteiger partial charge in [-0.2, -0.15) is 0 Å². The molecular formula is C14H19BrN2OS. The molecule has 1 heterocycles. The molecule has 0 aromatic heterocycles. The summed E-state index contributed by atoms with van der Waals surface area (Å²) in [7, 11) is 1.67. The largest absolute Gasteiger partial charge is 0.495 e. The van der Waals surface area contributed by atoms with Crippen LogP contribution >= 0.6 is 27.7 Å². The van der Waals surface area contributed by atoms with Crippen LogP contribution in [0.4, 0.5) is 5.69 Å². The summed E-state index contributed by atoms with van der Waals surface area (Å²) >= 11 is 5.25. The average molecular weight is 343 g/mol. The van der Waals surface area contributed by atoms with Crippen molar-refractivity contribution in [1.82, 2.24) is 0 Å². The first-order valence-corrected chi connectivity index (χ1v) is 8.23. The Bertz CT molecular complexity index is 486. The Balaban J connectivity index is 2.14. The third-order valence-electron chi connectivity index (χ3n) is 3.53. The van der Waals surface area contributed by atoms with Crippen molar-refractivity contribution in [3.8, 4) is 5.75 Å². The zero-order chi connectivity index (χ0) is 13.9. The molecule has 1 N–H and O–H groups in total. The molecule has 5 heteroatoms. The predicted octanol–water partition coefficient (Wildman–Crippen LogP) is 4.53. The van der Waals surface area contributed by atoms with Crippen molar-refractivity contribution in [1.29, 1.82) is 0 Å². The van der Waals surface area contributed by atoms with Crippen LogP contribution in [0.2, 0.25) is 0 Å². The fourth-order valence-electron chi connectivity index (χ4n) is 2.02. The number of hydrogen-bond donors (Lipinski definition) is 1. The van der Waals surface area contributed by atoms with Crippen LogP contribution in [-0.4, -0.2) is 23.6 Å². The molecule has 0 saturated heterocycles. The monoisotopic (exact) mass is 342 g/mol. The van der Waals surface area contributed by atoms with Gasteiger partial charge in [-0.3, -0.25) is 4.99 Å². The van der Waals surface area contributed by atoms with E-state index < -0.39 is 0 Å². The van der Waals surface area contributed by atoms with Gasteiger partial charge in [0.1, 0.15) is 5.75 Å². The number of aliphatic imine (C=N–C) groups is 1. The Morgan fingerprint density at radius 1 is 1.42 bits per heavy atom. The number of nitrogens with zero attached hydrogens (tertiary/aromatic N) is 1. The molecule has 0 saturated carbocycles. The van der Waals surface area contributed by atoms with Crippen molar-refractivity contribution < 1.29 is 4.74 Å². The normalized spacial score (nSPS) is 17.2. The molecule has 0 bridgehead atoms. The summed E-state index contributed by atoms with van der Waals surface area (Å²) in [5, 5.41) is 4.39. The highest BCUT2D eigenvalue weighted by Gasteiger charge is 2.32. The van der Waals surface area contributed by atoms with Crippen LogP contribution in [0.3, 0.4) is 0 Å². The van der Waals surface area contributed by atoms with Gasteiger partial charge in [0.15, 0.2) is 5.17 Å². The van der Waals surface area contributed by atoms with Crippen LogP contribution in [-0.2, 0) is 0 Å². The third-order valence-corrected chi connectivity index (χ3v) is 5.34. The number of benzene rings is 1. The van der Waals surface area contributed by atoms with Crippen molar-refractivity contribution in [3.05, 3.63) is 22.7 Å². The number of methoxy groups -OCH3 is 1. The number of anilines is 1. The summed E-state index contributed by atoms with van der Waals surface area (Å²) in [6, 6.07) is 5.98. The second-order valence-electron chi connectivity index (χ2n) is 4.61. The summed E-state index contributed by atoms with van der Waals surface area (Å²) in [5.41, 5.74) is 1.13. The number of nitrogens with one attached hydrogen (secondary N) is 1. The van der Waals surface area contributed by atoms with Gasteiger partial charge in [-0.05, 0) is 40.9 Å². The molecule has 0 amide bonds. The van der Waals surface area contributed by atoms with Gasteiger partial charge in [0.25, 0.3) is 0 Å². The van der Waals surface area contributed by atoms with Gasteiger partial charge in [0.05, 0.1) is 17.1 Å². The SMILES string of the molecule is CCC1(CC)CSC(Nc2ccc(Br)c(OC)c2)=N1. The van der Waals surface area contributed by atoms with Crippen LogP contribution in [0.1, 0.15) is 26.7 Å². The minimum absolute atomic E-state index is 0.118. The second-order valence-corrected chi connectivity index (χ2v) is 6.43. The molecule has 1 aromatic carbocycles. The smallest absolute Gasteiger partial charge is 0.161 e. The van der Waals surface area contributed by atoms with E-state index >= 15 is 0 Å². The Kier molecular flexibility index (Phi) is 4.79. The van der Waals surface area contributed by atoms with Gasteiger partial charge < -0.3 is 10.1 Å². The van der Waals surface area contributed by atoms with Crippen LogP contribution in [0.15, 0.2) is 27.7 Å². The Labute approximate surface area is 127 Å². The van der Waals surface area contributed by atoms with Crippen molar-refractivity contribution in [2.24, 2.45) is 4.99 Å². The summed E-state index contributed by atoms with van der Waals surface area (Å²) in [5.74, 6) is 1.89. The standard InChI is InChI=1S/C14H19BrN2OS/c1-4-14(5-2)9-19-13(17-14)16-10-6-7-11(15)12(8-10)18-3/h6-8H,4-5,9H2,1-3H3,(H,16,17). The molecule has 19 heavy (non-hydrogen) atoms. The van der Waals surface area contributed by atoms with Crippen LogP contribution in [0.25, 0.3) is 0 Å². The van der Waals surface area contributed by atoms with Crippen molar-refractivity contribution in [2.45, 2.75) is 32.2 Å². The molecule has 1 aliphatic rings. The zero-order valence-electron chi connectivity index (χ0n) is 11.5. The lowest BCUT2D eigenvalue weighted by Crippen LogP contribution is -2.24. The topological polar surface area (TPSA) is 33.6 Å². The Morgan fingerprint density at radius 2 is 2.16 bits per heavy atom.